The molecule has 0 aliphatic carbocycles. The number of carbonyl (C=O) groups is 1. The monoisotopic (exact) mass is 363 g/mol. The molecule has 1 N–H and O–H groups in total. The molecule has 1 amide bonds. The second-order valence-corrected chi connectivity index (χ2v) is 7.06. The van der Waals surface area contributed by atoms with Crippen LogP contribution in [0.15, 0.2) is 36.4 Å². The summed E-state index contributed by atoms with van der Waals surface area (Å²) in [5, 5.41) is 3.51. The van der Waals surface area contributed by atoms with E-state index in [-0.39, 0.29) is 30.2 Å². The topological polar surface area (TPSA) is 38.3 Å². The Kier molecular flexibility index (Phi) is 3.91. The van der Waals surface area contributed by atoms with E-state index in [0.717, 1.165) is 17.7 Å². The van der Waals surface area contributed by atoms with Gasteiger partial charge in [0.2, 0.25) is 5.91 Å². The highest BCUT2D eigenvalue weighted by Gasteiger charge is 2.51. The van der Waals surface area contributed by atoms with Gasteiger partial charge in [-0.2, -0.15) is 0 Å². The van der Waals surface area contributed by atoms with Crippen LogP contribution in [0.2, 0.25) is 5.02 Å². The van der Waals surface area contributed by atoms with Crippen LogP contribution < -0.4 is 10.1 Å². The zero-order valence-electron chi connectivity index (χ0n) is 13.3. The second-order valence-electron chi connectivity index (χ2n) is 6.62. The molecule has 2 aliphatic heterocycles. The number of nitrogens with one attached hydrogen (secondary N) is 1. The van der Waals surface area contributed by atoms with Crippen molar-refractivity contribution in [2.75, 3.05) is 6.61 Å². The number of rotatable bonds is 2. The van der Waals surface area contributed by atoms with E-state index in [1.807, 2.05) is 12.1 Å². The Morgan fingerprint density at radius 1 is 1.16 bits per heavy atom. The van der Waals surface area contributed by atoms with Gasteiger partial charge in [-0.1, -0.05) is 23.7 Å². The van der Waals surface area contributed by atoms with Crippen LogP contribution in [0.25, 0.3) is 0 Å². The standard InChI is InChI=1S/C19H16ClF2NO2/c20-12-3-1-11(2-4-12)9-19-8-7-16(24)23-15(19)10-25-18-14(22)6-5-13(21)17(18)19/h1-6,15H,7-10H2,(H,23,24)/t15-,19+/m0/s1. The molecule has 0 unspecified atom stereocenters. The van der Waals surface area contributed by atoms with Crippen LogP contribution >= 0.6 is 11.6 Å². The fourth-order valence-corrected chi connectivity index (χ4v) is 4.11. The fraction of sp³-hybridized carbons (Fsp3) is 0.316. The smallest absolute Gasteiger partial charge is 0.220 e. The number of hydrogen-bond acceptors (Lipinski definition) is 2. The Bertz CT molecular complexity index is 840. The molecule has 2 atom stereocenters. The predicted molar refractivity (Wildman–Crippen MR) is 89.9 cm³/mol. The first-order valence-corrected chi connectivity index (χ1v) is 8.52. The lowest BCUT2D eigenvalue weighted by molar-refractivity contribution is -0.126. The number of amides is 1. The quantitative estimate of drug-likeness (QED) is 0.882. The molecule has 1 fully saturated rings. The lowest BCUT2D eigenvalue weighted by atomic mass is 9.64. The zero-order valence-corrected chi connectivity index (χ0v) is 14.1. The molecule has 1 saturated heterocycles. The van der Waals surface area contributed by atoms with E-state index < -0.39 is 23.1 Å². The van der Waals surface area contributed by atoms with Crippen molar-refractivity contribution in [3.8, 4) is 5.75 Å². The van der Waals surface area contributed by atoms with E-state index in [2.05, 4.69) is 5.32 Å². The lowest BCUT2D eigenvalue weighted by Crippen LogP contribution is -2.61. The van der Waals surface area contributed by atoms with Gasteiger partial charge in [-0.05, 0) is 42.7 Å². The molecule has 0 spiro atoms. The molecule has 3 nitrogen and oxygen atoms in total. The molecule has 0 saturated carbocycles. The van der Waals surface area contributed by atoms with Gasteiger partial charge in [0.1, 0.15) is 12.4 Å². The van der Waals surface area contributed by atoms with Gasteiger partial charge in [-0.15, -0.1) is 0 Å². The van der Waals surface area contributed by atoms with Crippen LogP contribution in [0.5, 0.6) is 5.75 Å². The van der Waals surface area contributed by atoms with Crippen molar-refractivity contribution < 1.29 is 18.3 Å². The Morgan fingerprint density at radius 3 is 2.64 bits per heavy atom. The first-order valence-electron chi connectivity index (χ1n) is 8.15. The third-order valence-corrected chi connectivity index (χ3v) is 5.44. The van der Waals surface area contributed by atoms with E-state index in [4.69, 9.17) is 16.3 Å². The van der Waals surface area contributed by atoms with Crippen molar-refractivity contribution >= 4 is 17.5 Å². The molecular formula is C19H16ClF2NO2. The summed E-state index contributed by atoms with van der Waals surface area (Å²) in [6, 6.07) is 9.07. The van der Waals surface area contributed by atoms with Crippen molar-refractivity contribution in [1.82, 2.24) is 5.32 Å². The molecule has 2 aliphatic rings. The molecule has 2 aromatic rings. The summed E-state index contributed by atoms with van der Waals surface area (Å²) in [5.41, 5.74) is 0.419. The first-order chi connectivity index (χ1) is 12.0. The third-order valence-electron chi connectivity index (χ3n) is 5.18. The predicted octanol–water partition coefficient (Wildman–Crippen LogP) is 3.77. The van der Waals surface area contributed by atoms with Crippen LogP contribution in [0.4, 0.5) is 8.78 Å². The third kappa shape index (κ3) is 2.67. The van der Waals surface area contributed by atoms with Gasteiger partial charge in [-0.3, -0.25) is 4.79 Å². The molecule has 6 heteroatoms. The molecule has 0 aromatic heterocycles. The Labute approximate surface area is 148 Å². The van der Waals surface area contributed by atoms with Crippen LogP contribution in [-0.2, 0) is 16.6 Å². The normalized spacial score (nSPS) is 24.8. The summed E-state index contributed by atoms with van der Waals surface area (Å²) in [6.07, 6.45) is 1.16. The highest BCUT2D eigenvalue weighted by Crippen LogP contribution is 2.48. The Morgan fingerprint density at radius 2 is 1.88 bits per heavy atom. The van der Waals surface area contributed by atoms with Crippen molar-refractivity contribution in [2.24, 2.45) is 0 Å². The molecule has 0 bridgehead atoms. The summed E-state index contributed by atoms with van der Waals surface area (Å²) in [6.45, 7) is 0.118. The number of fused-ring (bicyclic) bond motifs is 3. The molecule has 2 aromatic carbocycles. The molecule has 4 rings (SSSR count). The Hall–Kier alpha value is -2.14. The minimum Gasteiger partial charge on any atom is -0.488 e. The van der Waals surface area contributed by atoms with Crippen LogP contribution in [0.1, 0.15) is 24.0 Å². The summed E-state index contributed by atoms with van der Waals surface area (Å²) in [7, 11) is 0. The number of halogens is 3. The van der Waals surface area contributed by atoms with Crippen molar-refractivity contribution in [2.45, 2.75) is 30.7 Å². The number of benzene rings is 2. The van der Waals surface area contributed by atoms with Crippen molar-refractivity contribution in [3.63, 3.8) is 0 Å². The maximum absolute atomic E-state index is 14.8. The fourth-order valence-electron chi connectivity index (χ4n) is 3.99. The first kappa shape index (κ1) is 16.3. The molecule has 0 radical (unpaired) electrons. The average molecular weight is 364 g/mol. The zero-order chi connectivity index (χ0) is 17.6. The number of piperidine rings is 1. The van der Waals surface area contributed by atoms with E-state index in [1.54, 1.807) is 12.1 Å². The van der Waals surface area contributed by atoms with Crippen molar-refractivity contribution in [3.05, 3.63) is 64.2 Å². The summed E-state index contributed by atoms with van der Waals surface area (Å²) >= 11 is 5.95. The number of ether oxygens (including phenoxy) is 1. The molecular weight excluding hydrogens is 348 g/mol. The van der Waals surface area contributed by atoms with Crippen molar-refractivity contribution in [1.29, 1.82) is 0 Å². The van der Waals surface area contributed by atoms with Gasteiger partial charge in [0, 0.05) is 22.4 Å². The van der Waals surface area contributed by atoms with Gasteiger partial charge in [0.15, 0.2) is 11.6 Å². The SMILES string of the molecule is O=C1CC[C@]2(Cc3ccc(Cl)cc3)c3c(F)ccc(F)c3OC[C@@H]2N1. The minimum absolute atomic E-state index is 0.0404. The second kappa shape index (κ2) is 5.99. The van der Waals surface area contributed by atoms with Gasteiger partial charge in [-0.25, -0.2) is 8.78 Å². The maximum atomic E-state index is 14.8. The van der Waals surface area contributed by atoms with Gasteiger partial charge < -0.3 is 10.1 Å². The maximum Gasteiger partial charge on any atom is 0.220 e. The van der Waals surface area contributed by atoms with E-state index in [1.165, 1.54) is 0 Å². The van der Waals surface area contributed by atoms with E-state index in [0.29, 0.717) is 17.9 Å². The summed E-state index contributed by atoms with van der Waals surface area (Å²) in [4.78, 5) is 11.9. The lowest BCUT2D eigenvalue weighted by Gasteiger charge is -2.48. The average Bonchev–Trinajstić information content (AvgIpc) is 2.60. The Balaban J connectivity index is 1.86. The largest absolute Gasteiger partial charge is 0.488 e. The van der Waals surface area contributed by atoms with E-state index in [9.17, 15) is 13.6 Å². The molecule has 2 heterocycles. The number of hydrogen-bond donors (Lipinski definition) is 1. The highest BCUT2D eigenvalue weighted by molar-refractivity contribution is 6.30. The van der Waals surface area contributed by atoms with Gasteiger partial charge in [0.05, 0.1) is 6.04 Å². The molecule has 130 valence electrons. The van der Waals surface area contributed by atoms with Gasteiger partial charge in [0.25, 0.3) is 0 Å². The number of carbonyl (C=O) groups excluding carboxylic acids is 1. The minimum atomic E-state index is -0.749. The molecule has 25 heavy (non-hydrogen) atoms. The highest BCUT2D eigenvalue weighted by atomic mass is 35.5. The summed E-state index contributed by atoms with van der Waals surface area (Å²) < 4.78 is 34.5. The summed E-state index contributed by atoms with van der Waals surface area (Å²) in [5.74, 6) is -1.23. The van der Waals surface area contributed by atoms with Crippen LogP contribution in [0, 0.1) is 11.6 Å². The van der Waals surface area contributed by atoms with Crippen LogP contribution in [-0.4, -0.2) is 18.6 Å². The van der Waals surface area contributed by atoms with Crippen LogP contribution in [0.3, 0.4) is 0 Å². The van der Waals surface area contributed by atoms with E-state index >= 15 is 0 Å². The van der Waals surface area contributed by atoms with Gasteiger partial charge >= 0.3 is 0 Å².